The van der Waals surface area contributed by atoms with E-state index in [0.29, 0.717) is 6.42 Å². The number of carbonyl (C=O) groups is 1. The quantitative estimate of drug-likeness (QED) is 0.931. The van der Waals surface area contributed by atoms with Gasteiger partial charge in [-0.05, 0) is 23.6 Å². The number of amides is 1. The van der Waals surface area contributed by atoms with Crippen LogP contribution in [0.4, 0.5) is 0 Å². The highest BCUT2D eigenvalue weighted by atomic mass is 32.2. The van der Waals surface area contributed by atoms with E-state index in [2.05, 4.69) is 22.6 Å². The highest BCUT2D eigenvalue weighted by molar-refractivity contribution is 7.99. The Balaban J connectivity index is 1.42. The first-order valence-corrected chi connectivity index (χ1v) is 9.10. The van der Waals surface area contributed by atoms with Crippen molar-refractivity contribution in [1.29, 1.82) is 0 Å². The molecular formula is C19H18N2O2S. The topological polar surface area (TPSA) is 50.7 Å². The monoisotopic (exact) mass is 338 g/mol. The Kier molecular flexibility index (Phi) is 4.26. The zero-order valence-electron chi connectivity index (χ0n) is 13.1. The second kappa shape index (κ2) is 6.69. The zero-order chi connectivity index (χ0) is 16.4. The Morgan fingerprint density at radius 2 is 1.92 bits per heavy atom. The molecule has 0 unspecified atom stereocenters. The maximum absolute atomic E-state index is 12.6. The van der Waals surface area contributed by atoms with Crippen LogP contribution in [-0.4, -0.2) is 23.5 Å². The van der Waals surface area contributed by atoms with Gasteiger partial charge in [0.05, 0.1) is 11.8 Å². The van der Waals surface area contributed by atoms with Gasteiger partial charge in [-0.15, -0.1) is 11.8 Å². The smallest absolute Gasteiger partial charge is 0.264 e. The average Bonchev–Trinajstić information content (AvgIpc) is 3.13. The number of oxime groups is 1. The third kappa shape index (κ3) is 3.04. The highest BCUT2D eigenvalue weighted by Crippen LogP contribution is 2.36. The predicted molar refractivity (Wildman–Crippen MR) is 95.1 cm³/mol. The van der Waals surface area contributed by atoms with E-state index in [4.69, 9.17) is 4.84 Å². The molecule has 1 amide bonds. The van der Waals surface area contributed by atoms with Crippen molar-refractivity contribution in [2.75, 3.05) is 5.75 Å². The van der Waals surface area contributed by atoms with Crippen LogP contribution in [-0.2, 0) is 9.63 Å². The molecule has 0 saturated carbocycles. The van der Waals surface area contributed by atoms with Crippen LogP contribution in [0.2, 0.25) is 0 Å². The number of thioether (sulfide) groups is 1. The summed E-state index contributed by atoms with van der Waals surface area (Å²) in [7, 11) is 0. The molecule has 1 N–H and O–H groups in total. The van der Waals surface area contributed by atoms with Gasteiger partial charge in [-0.1, -0.05) is 53.7 Å². The van der Waals surface area contributed by atoms with Crippen LogP contribution in [0.5, 0.6) is 0 Å². The minimum absolute atomic E-state index is 0.0549. The molecule has 0 fully saturated rings. The van der Waals surface area contributed by atoms with Crippen LogP contribution in [0.3, 0.4) is 0 Å². The molecule has 4 nitrogen and oxygen atoms in total. The van der Waals surface area contributed by atoms with Crippen molar-refractivity contribution in [1.82, 2.24) is 5.32 Å². The number of nitrogens with one attached hydrogen (secondary N) is 1. The van der Waals surface area contributed by atoms with Gasteiger partial charge in [-0.2, -0.15) is 0 Å². The van der Waals surface area contributed by atoms with E-state index in [0.717, 1.165) is 23.4 Å². The lowest BCUT2D eigenvalue weighted by atomic mass is 10.0. The van der Waals surface area contributed by atoms with Crippen molar-refractivity contribution < 1.29 is 9.63 Å². The molecule has 0 radical (unpaired) electrons. The van der Waals surface area contributed by atoms with Crippen molar-refractivity contribution >= 4 is 23.4 Å². The van der Waals surface area contributed by atoms with Gasteiger partial charge >= 0.3 is 0 Å². The van der Waals surface area contributed by atoms with Crippen LogP contribution < -0.4 is 5.32 Å². The normalized spacial score (nSPS) is 22.2. The maximum Gasteiger partial charge on any atom is 0.264 e. The lowest BCUT2D eigenvalue weighted by Gasteiger charge is -2.26. The Bertz CT molecular complexity index is 776. The summed E-state index contributed by atoms with van der Waals surface area (Å²) in [5.41, 5.74) is 3.03. The number of fused-ring (bicyclic) bond motifs is 1. The summed E-state index contributed by atoms with van der Waals surface area (Å²) in [5, 5.41) is 7.24. The Labute approximate surface area is 145 Å². The van der Waals surface area contributed by atoms with E-state index in [1.165, 1.54) is 10.5 Å². The van der Waals surface area contributed by atoms with E-state index in [9.17, 15) is 4.79 Å². The van der Waals surface area contributed by atoms with Gasteiger partial charge in [0, 0.05) is 17.1 Å². The molecule has 5 heteroatoms. The lowest BCUT2D eigenvalue weighted by Crippen LogP contribution is -2.38. The maximum atomic E-state index is 12.6. The standard InChI is InChI=1S/C19H18N2O2S/c22-19(17-12-16(21-23-17)13-6-2-1-3-7-13)20-15-10-11-24-18-9-5-4-8-14(15)18/h1-9,15,17H,10-12H2,(H,20,22)/t15-,17+/m1/s1. The number of nitrogens with zero attached hydrogens (tertiary/aromatic N) is 1. The van der Waals surface area contributed by atoms with Crippen LogP contribution in [0.15, 0.2) is 64.6 Å². The van der Waals surface area contributed by atoms with E-state index in [1.54, 1.807) is 0 Å². The van der Waals surface area contributed by atoms with Gasteiger partial charge in [0.15, 0.2) is 0 Å². The van der Waals surface area contributed by atoms with Gasteiger partial charge in [-0.3, -0.25) is 4.79 Å². The summed E-state index contributed by atoms with van der Waals surface area (Å²) < 4.78 is 0. The van der Waals surface area contributed by atoms with E-state index < -0.39 is 6.10 Å². The third-order valence-electron chi connectivity index (χ3n) is 4.34. The van der Waals surface area contributed by atoms with Crippen LogP contribution in [0, 0.1) is 0 Å². The summed E-state index contributed by atoms with van der Waals surface area (Å²) in [6, 6.07) is 18.2. The number of carbonyl (C=O) groups excluding carboxylic acids is 1. The molecule has 0 aromatic heterocycles. The van der Waals surface area contributed by atoms with Crippen LogP contribution >= 0.6 is 11.8 Å². The zero-order valence-corrected chi connectivity index (χ0v) is 14.0. The second-order valence-electron chi connectivity index (χ2n) is 5.94. The first-order valence-electron chi connectivity index (χ1n) is 8.11. The molecule has 2 heterocycles. The van der Waals surface area contributed by atoms with Crippen molar-refractivity contribution in [3.63, 3.8) is 0 Å². The molecule has 2 aromatic carbocycles. The van der Waals surface area contributed by atoms with E-state index in [1.807, 2.05) is 54.2 Å². The number of hydrogen-bond donors (Lipinski definition) is 1. The summed E-state index contributed by atoms with van der Waals surface area (Å²) in [6.07, 6.45) is 0.910. The van der Waals surface area contributed by atoms with Crippen molar-refractivity contribution in [3.8, 4) is 0 Å². The first kappa shape index (κ1) is 15.3. The molecule has 2 atom stereocenters. The van der Waals surface area contributed by atoms with Crippen molar-refractivity contribution in [3.05, 3.63) is 65.7 Å². The summed E-state index contributed by atoms with van der Waals surface area (Å²) in [5.74, 6) is 0.926. The summed E-state index contributed by atoms with van der Waals surface area (Å²) in [4.78, 5) is 19.2. The molecule has 0 saturated heterocycles. The minimum atomic E-state index is -0.540. The predicted octanol–water partition coefficient (Wildman–Crippen LogP) is 3.53. The van der Waals surface area contributed by atoms with Crippen molar-refractivity contribution in [2.45, 2.75) is 29.9 Å². The molecular weight excluding hydrogens is 320 g/mol. The van der Waals surface area contributed by atoms with E-state index >= 15 is 0 Å². The SMILES string of the molecule is O=C(N[C@@H]1CCSc2ccccc21)[C@@H]1CC(c2ccccc2)=NO1. The number of rotatable bonds is 3. The average molecular weight is 338 g/mol. The number of hydrogen-bond acceptors (Lipinski definition) is 4. The molecule has 122 valence electrons. The fourth-order valence-electron chi connectivity index (χ4n) is 3.08. The highest BCUT2D eigenvalue weighted by Gasteiger charge is 2.31. The molecule has 4 rings (SSSR count). The second-order valence-corrected chi connectivity index (χ2v) is 7.08. The van der Waals surface area contributed by atoms with Crippen molar-refractivity contribution in [2.24, 2.45) is 5.16 Å². The third-order valence-corrected chi connectivity index (χ3v) is 5.47. The largest absolute Gasteiger partial charge is 0.382 e. The molecule has 0 spiro atoms. The minimum Gasteiger partial charge on any atom is -0.382 e. The molecule has 2 aliphatic heterocycles. The first-order chi connectivity index (χ1) is 11.8. The fraction of sp³-hybridized carbons (Fsp3) is 0.263. The van der Waals surface area contributed by atoms with Crippen LogP contribution in [0.25, 0.3) is 0 Å². The van der Waals surface area contributed by atoms with Gasteiger partial charge in [0.2, 0.25) is 6.10 Å². The Hall–Kier alpha value is -2.27. The van der Waals surface area contributed by atoms with Gasteiger partial charge < -0.3 is 10.2 Å². The lowest BCUT2D eigenvalue weighted by molar-refractivity contribution is -0.132. The molecule has 0 aliphatic carbocycles. The van der Waals surface area contributed by atoms with Gasteiger partial charge in [-0.25, -0.2) is 0 Å². The Morgan fingerprint density at radius 1 is 1.12 bits per heavy atom. The summed E-state index contributed by atoms with van der Waals surface area (Å²) >= 11 is 1.84. The van der Waals surface area contributed by atoms with Gasteiger partial charge in [0.1, 0.15) is 0 Å². The van der Waals surface area contributed by atoms with Crippen LogP contribution in [0.1, 0.15) is 30.0 Å². The Morgan fingerprint density at radius 3 is 2.79 bits per heavy atom. The number of benzene rings is 2. The molecule has 24 heavy (non-hydrogen) atoms. The van der Waals surface area contributed by atoms with Gasteiger partial charge in [0.25, 0.3) is 5.91 Å². The molecule has 2 aromatic rings. The molecule has 0 bridgehead atoms. The molecule has 2 aliphatic rings. The fourth-order valence-corrected chi connectivity index (χ4v) is 4.20. The summed E-state index contributed by atoms with van der Waals surface area (Å²) in [6.45, 7) is 0. The van der Waals surface area contributed by atoms with E-state index in [-0.39, 0.29) is 11.9 Å².